The fourth-order valence-electron chi connectivity index (χ4n) is 1.99. The standard InChI is InChI=1S/C15H13NO6S/c1-9-4-2-5-10(8-9)23(21,22)16-13-11(14(17)18)6-3-7-12(13)15(19)20/h2-8,16H,1H3,(H,17,18)(H,19,20). The molecule has 0 bridgehead atoms. The number of carbonyl (C=O) groups is 2. The lowest BCUT2D eigenvalue weighted by molar-refractivity contribution is 0.0696. The van der Waals surface area contributed by atoms with Crippen molar-refractivity contribution in [2.24, 2.45) is 0 Å². The minimum absolute atomic E-state index is 0.0889. The molecule has 2 aromatic rings. The van der Waals surface area contributed by atoms with Crippen molar-refractivity contribution >= 4 is 27.6 Å². The van der Waals surface area contributed by atoms with Crippen LogP contribution in [0.2, 0.25) is 0 Å². The number of aryl methyl sites for hydroxylation is 1. The first-order valence-electron chi connectivity index (χ1n) is 6.41. The van der Waals surface area contributed by atoms with Gasteiger partial charge in [0.15, 0.2) is 0 Å². The predicted molar refractivity (Wildman–Crippen MR) is 82.3 cm³/mol. The topological polar surface area (TPSA) is 121 Å². The number of para-hydroxylation sites is 1. The molecule has 0 radical (unpaired) electrons. The molecule has 23 heavy (non-hydrogen) atoms. The van der Waals surface area contributed by atoms with E-state index in [1.165, 1.54) is 24.3 Å². The minimum Gasteiger partial charge on any atom is -0.478 e. The molecule has 3 N–H and O–H groups in total. The molecule has 0 unspecified atom stereocenters. The van der Waals surface area contributed by atoms with E-state index in [1.807, 2.05) is 0 Å². The van der Waals surface area contributed by atoms with Crippen LogP contribution in [0, 0.1) is 6.92 Å². The van der Waals surface area contributed by atoms with Crippen LogP contribution in [0.15, 0.2) is 47.4 Å². The Bertz CT molecular complexity index is 856. The molecule has 0 spiro atoms. The zero-order valence-corrected chi connectivity index (χ0v) is 12.8. The first-order chi connectivity index (χ1) is 10.7. The van der Waals surface area contributed by atoms with Gasteiger partial charge in [-0.15, -0.1) is 0 Å². The average Bonchev–Trinajstić information content (AvgIpc) is 2.46. The zero-order valence-electron chi connectivity index (χ0n) is 12.0. The highest BCUT2D eigenvalue weighted by Gasteiger charge is 2.23. The van der Waals surface area contributed by atoms with E-state index in [2.05, 4.69) is 4.72 Å². The summed E-state index contributed by atoms with van der Waals surface area (Å²) in [5, 5.41) is 18.3. The highest BCUT2D eigenvalue weighted by Crippen LogP contribution is 2.25. The van der Waals surface area contributed by atoms with E-state index in [9.17, 15) is 18.0 Å². The molecule has 120 valence electrons. The summed E-state index contributed by atoms with van der Waals surface area (Å²) >= 11 is 0. The highest BCUT2D eigenvalue weighted by molar-refractivity contribution is 7.92. The maximum absolute atomic E-state index is 12.4. The second-order valence-corrected chi connectivity index (χ2v) is 6.44. The molecule has 7 nitrogen and oxygen atoms in total. The van der Waals surface area contributed by atoms with Crippen molar-refractivity contribution in [3.8, 4) is 0 Å². The lowest BCUT2D eigenvalue weighted by Crippen LogP contribution is -2.18. The Morgan fingerprint density at radius 2 is 1.48 bits per heavy atom. The fraction of sp³-hybridized carbons (Fsp3) is 0.0667. The van der Waals surface area contributed by atoms with Crippen LogP contribution in [0.5, 0.6) is 0 Å². The van der Waals surface area contributed by atoms with Gasteiger partial charge in [-0.1, -0.05) is 18.2 Å². The summed E-state index contributed by atoms with van der Waals surface area (Å²) in [5.41, 5.74) is -0.672. The molecule has 0 aliphatic carbocycles. The third-order valence-electron chi connectivity index (χ3n) is 3.06. The Balaban J connectivity index is 2.59. The van der Waals surface area contributed by atoms with Crippen LogP contribution in [-0.4, -0.2) is 30.6 Å². The molecule has 0 saturated carbocycles. The van der Waals surface area contributed by atoms with Gasteiger partial charge in [0.05, 0.1) is 21.7 Å². The number of anilines is 1. The van der Waals surface area contributed by atoms with Crippen LogP contribution >= 0.6 is 0 Å². The van der Waals surface area contributed by atoms with Gasteiger partial charge < -0.3 is 10.2 Å². The number of nitrogens with one attached hydrogen (secondary N) is 1. The number of hydrogen-bond donors (Lipinski definition) is 3. The van der Waals surface area contributed by atoms with Crippen LogP contribution < -0.4 is 4.72 Å². The van der Waals surface area contributed by atoms with Crippen LogP contribution in [0.25, 0.3) is 0 Å². The van der Waals surface area contributed by atoms with Gasteiger partial charge in [-0.05, 0) is 36.8 Å². The third-order valence-corrected chi connectivity index (χ3v) is 4.41. The zero-order chi connectivity index (χ0) is 17.2. The second kappa shape index (κ2) is 6.09. The molecule has 0 aliphatic rings. The number of carboxylic acids is 2. The average molecular weight is 335 g/mol. The first kappa shape index (κ1) is 16.5. The summed E-state index contributed by atoms with van der Waals surface area (Å²) in [6.07, 6.45) is 0. The third kappa shape index (κ3) is 3.49. The summed E-state index contributed by atoms with van der Waals surface area (Å²) in [6, 6.07) is 9.45. The van der Waals surface area contributed by atoms with Crippen LogP contribution in [0.3, 0.4) is 0 Å². The van der Waals surface area contributed by atoms with Gasteiger partial charge in [-0.2, -0.15) is 0 Å². The van der Waals surface area contributed by atoms with Crippen LogP contribution in [-0.2, 0) is 10.0 Å². The van der Waals surface area contributed by atoms with E-state index in [0.29, 0.717) is 5.56 Å². The Hall–Kier alpha value is -2.87. The normalized spacial score (nSPS) is 11.0. The monoisotopic (exact) mass is 335 g/mol. The lowest BCUT2D eigenvalue weighted by atomic mass is 10.1. The van der Waals surface area contributed by atoms with Crippen molar-refractivity contribution < 1.29 is 28.2 Å². The lowest BCUT2D eigenvalue weighted by Gasteiger charge is -2.13. The molecular formula is C15H13NO6S. The Morgan fingerprint density at radius 1 is 0.957 bits per heavy atom. The van der Waals surface area contributed by atoms with Crippen molar-refractivity contribution in [3.63, 3.8) is 0 Å². The predicted octanol–water partition coefficient (Wildman–Crippen LogP) is 2.19. The van der Waals surface area contributed by atoms with Gasteiger partial charge in [-0.25, -0.2) is 18.0 Å². The number of benzene rings is 2. The molecule has 8 heteroatoms. The van der Waals surface area contributed by atoms with E-state index in [4.69, 9.17) is 10.2 Å². The molecule has 0 saturated heterocycles. The molecule has 0 fully saturated rings. The molecule has 0 heterocycles. The quantitative estimate of drug-likeness (QED) is 0.770. The van der Waals surface area contributed by atoms with E-state index in [-0.39, 0.29) is 4.90 Å². The van der Waals surface area contributed by atoms with Gasteiger partial charge in [0.25, 0.3) is 10.0 Å². The van der Waals surface area contributed by atoms with Crippen LogP contribution in [0.1, 0.15) is 26.3 Å². The van der Waals surface area contributed by atoms with Gasteiger partial charge in [-0.3, -0.25) is 4.72 Å². The van der Waals surface area contributed by atoms with Gasteiger partial charge in [0, 0.05) is 0 Å². The summed E-state index contributed by atoms with van der Waals surface area (Å²) in [5.74, 6) is -2.87. The Kier molecular flexibility index (Phi) is 4.37. The second-order valence-electron chi connectivity index (χ2n) is 4.76. The van der Waals surface area contributed by atoms with E-state index < -0.39 is 38.8 Å². The van der Waals surface area contributed by atoms with E-state index >= 15 is 0 Å². The maximum Gasteiger partial charge on any atom is 0.337 e. The molecule has 2 rings (SSSR count). The van der Waals surface area contributed by atoms with Crippen LogP contribution in [0.4, 0.5) is 5.69 Å². The molecule has 0 aromatic heterocycles. The molecular weight excluding hydrogens is 322 g/mol. The summed E-state index contributed by atoms with van der Waals surface area (Å²) in [4.78, 5) is 22.4. The maximum atomic E-state index is 12.4. The molecule has 0 amide bonds. The number of carboxylic acid groups (broad SMARTS) is 2. The van der Waals surface area contributed by atoms with Crippen molar-refractivity contribution in [1.29, 1.82) is 0 Å². The highest BCUT2D eigenvalue weighted by atomic mass is 32.2. The fourth-order valence-corrected chi connectivity index (χ4v) is 3.20. The number of hydrogen-bond acceptors (Lipinski definition) is 4. The Morgan fingerprint density at radius 3 is 1.96 bits per heavy atom. The number of sulfonamides is 1. The van der Waals surface area contributed by atoms with Gasteiger partial charge in [0.1, 0.15) is 0 Å². The van der Waals surface area contributed by atoms with Crippen molar-refractivity contribution in [2.45, 2.75) is 11.8 Å². The van der Waals surface area contributed by atoms with E-state index in [1.54, 1.807) is 13.0 Å². The largest absolute Gasteiger partial charge is 0.478 e. The van der Waals surface area contributed by atoms with Crippen molar-refractivity contribution in [3.05, 3.63) is 59.2 Å². The van der Waals surface area contributed by atoms with Crippen molar-refractivity contribution in [1.82, 2.24) is 0 Å². The SMILES string of the molecule is Cc1cccc(S(=O)(=O)Nc2c(C(=O)O)cccc2C(=O)O)c1. The molecule has 2 aromatic carbocycles. The smallest absolute Gasteiger partial charge is 0.337 e. The van der Waals surface area contributed by atoms with Gasteiger partial charge >= 0.3 is 11.9 Å². The molecule has 0 atom stereocenters. The van der Waals surface area contributed by atoms with E-state index in [0.717, 1.165) is 12.1 Å². The van der Waals surface area contributed by atoms with Crippen molar-refractivity contribution in [2.75, 3.05) is 4.72 Å². The number of aromatic carboxylic acids is 2. The number of rotatable bonds is 5. The minimum atomic E-state index is -4.12. The molecule has 0 aliphatic heterocycles. The summed E-state index contributed by atoms with van der Waals surface area (Å²) < 4.78 is 26.9. The Labute approximate surface area is 132 Å². The first-order valence-corrected chi connectivity index (χ1v) is 7.90. The van der Waals surface area contributed by atoms with Gasteiger partial charge in [0.2, 0.25) is 0 Å². The summed E-state index contributed by atoms with van der Waals surface area (Å²) in [7, 11) is -4.12. The summed E-state index contributed by atoms with van der Waals surface area (Å²) in [6.45, 7) is 1.70.